The minimum absolute atomic E-state index is 0. The molecule has 0 fully saturated rings. The molecule has 0 spiro atoms. The third-order valence-electron chi connectivity index (χ3n) is 4.53. The Bertz CT molecular complexity index is 726. The monoisotopic (exact) mass is 470 g/mol. The molecule has 2 aromatic rings. The summed E-state index contributed by atoms with van der Waals surface area (Å²) in [5.41, 5.74) is 4.37. The summed E-state index contributed by atoms with van der Waals surface area (Å²) in [5.74, 6) is 0.813. The van der Waals surface area contributed by atoms with Gasteiger partial charge in [0.15, 0.2) is 5.96 Å². The molecule has 0 saturated carbocycles. The molecular formula is C19H27IN4S. The van der Waals surface area contributed by atoms with Crippen LogP contribution in [0.4, 0.5) is 0 Å². The van der Waals surface area contributed by atoms with Gasteiger partial charge in [0.1, 0.15) is 5.01 Å². The minimum Gasteiger partial charge on any atom is -0.350 e. The van der Waals surface area contributed by atoms with Crippen molar-refractivity contribution in [1.29, 1.82) is 0 Å². The van der Waals surface area contributed by atoms with Gasteiger partial charge >= 0.3 is 0 Å². The van der Waals surface area contributed by atoms with Crippen molar-refractivity contribution in [3.63, 3.8) is 0 Å². The highest BCUT2D eigenvalue weighted by Gasteiger charge is 2.13. The SMILES string of the molecule is CN=C(NCc1ncc(C)s1)NC(C)c1ccc2c(c1)CCCC2.I. The Labute approximate surface area is 171 Å². The Balaban J connectivity index is 0.00000225. The maximum atomic E-state index is 4.38. The first-order chi connectivity index (χ1) is 11.7. The van der Waals surface area contributed by atoms with Crippen LogP contribution in [0.25, 0.3) is 0 Å². The summed E-state index contributed by atoms with van der Waals surface area (Å²) in [6.07, 6.45) is 7.00. The van der Waals surface area contributed by atoms with Gasteiger partial charge in [-0.25, -0.2) is 4.98 Å². The summed E-state index contributed by atoms with van der Waals surface area (Å²) >= 11 is 1.71. The number of nitrogens with zero attached hydrogens (tertiary/aromatic N) is 2. The van der Waals surface area contributed by atoms with Gasteiger partial charge in [-0.2, -0.15) is 0 Å². The van der Waals surface area contributed by atoms with Gasteiger partial charge in [0.2, 0.25) is 0 Å². The number of rotatable bonds is 4. The van der Waals surface area contributed by atoms with Crippen LogP contribution in [0.15, 0.2) is 29.4 Å². The van der Waals surface area contributed by atoms with E-state index in [0.717, 1.165) is 11.0 Å². The number of hydrogen-bond acceptors (Lipinski definition) is 3. The number of aliphatic imine (C=N–C) groups is 1. The molecule has 1 unspecified atom stereocenters. The van der Waals surface area contributed by atoms with Crippen LogP contribution >= 0.6 is 35.3 Å². The Morgan fingerprint density at radius 3 is 2.72 bits per heavy atom. The first-order valence-corrected chi connectivity index (χ1v) is 9.47. The lowest BCUT2D eigenvalue weighted by atomic mass is 9.89. The summed E-state index contributed by atoms with van der Waals surface area (Å²) in [5, 5.41) is 7.91. The van der Waals surface area contributed by atoms with Gasteiger partial charge in [0.05, 0.1) is 12.6 Å². The molecule has 1 aliphatic rings. The highest BCUT2D eigenvalue weighted by Crippen LogP contribution is 2.24. The van der Waals surface area contributed by atoms with E-state index in [0.29, 0.717) is 6.54 Å². The maximum absolute atomic E-state index is 4.38. The zero-order valence-electron chi connectivity index (χ0n) is 15.1. The molecule has 1 heterocycles. The van der Waals surface area contributed by atoms with Crippen LogP contribution in [0.1, 0.15) is 52.4 Å². The number of thiazole rings is 1. The average Bonchev–Trinajstić information content (AvgIpc) is 3.03. The van der Waals surface area contributed by atoms with Crippen molar-refractivity contribution in [2.75, 3.05) is 7.05 Å². The molecule has 0 bridgehead atoms. The molecule has 25 heavy (non-hydrogen) atoms. The van der Waals surface area contributed by atoms with E-state index in [1.54, 1.807) is 11.3 Å². The molecular weight excluding hydrogens is 443 g/mol. The molecule has 4 nitrogen and oxygen atoms in total. The van der Waals surface area contributed by atoms with Crippen molar-refractivity contribution in [2.24, 2.45) is 4.99 Å². The van der Waals surface area contributed by atoms with Crippen LogP contribution in [0.3, 0.4) is 0 Å². The highest BCUT2D eigenvalue weighted by atomic mass is 127. The molecule has 0 radical (unpaired) electrons. The molecule has 1 aromatic carbocycles. The first kappa shape index (κ1) is 20.2. The second-order valence-electron chi connectivity index (χ2n) is 6.39. The lowest BCUT2D eigenvalue weighted by molar-refractivity contribution is 0.665. The molecule has 6 heteroatoms. The molecule has 1 aromatic heterocycles. The summed E-state index contributed by atoms with van der Waals surface area (Å²) in [7, 11) is 1.81. The Morgan fingerprint density at radius 1 is 1.28 bits per heavy atom. The quantitative estimate of drug-likeness (QED) is 0.396. The van der Waals surface area contributed by atoms with Gasteiger partial charge in [-0.05, 0) is 56.2 Å². The summed E-state index contributed by atoms with van der Waals surface area (Å²) < 4.78 is 0. The topological polar surface area (TPSA) is 49.3 Å². The molecule has 0 aliphatic heterocycles. The number of fused-ring (bicyclic) bond motifs is 1. The second-order valence-corrected chi connectivity index (χ2v) is 7.71. The van der Waals surface area contributed by atoms with Crippen molar-refractivity contribution < 1.29 is 0 Å². The molecule has 1 aliphatic carbocycles. The van der Waals surface area contributed by atoms with E-state index in [4.69, 9.17) is 0 Å². The van der Waals surface area contributed by atoms with Gasteiger partial charge in [0, 0.05) is 18.1 Å². The largest absolute Gasteiger partial charge is 0.350 e. The number of hydrogen-bond donors (Lipinski definition) is 2. The van der Waals surface area contributed by atoms with Gasteiger partial charge in [0.25, 0.3) is 0 Å². The van der Waals surface area contributed by atoms with Gasteiger partial charge in [-0.3, -0.25) is 4.99 Å². The standard InChI is InChI=1S/C19H26N4S.HI/c1-13-11-21-18(24-13)12-22-19(20-3)23-14(2)16-9-8-15-6-4-5-7-17(15)10-16;/h8-11,14H,4-7,12H2,1-3H3,(H2,20,22,23);1H. The molecule has 1 atom stereocenters. The van der Waals surface area contributed by atoms with Crippen molar-refractivity contribution in [3.05, 3.63) is 51.0 Å². The molecule has 0 saturated heterocycles. The maximum Gasteiger partial charge on any atom is 0.191 e. The number of benzene rings is 1. The number of halogens is 1. The van der Waals surface area contributed by atoms with Crippen LogP contribution in [0.5, 0.6) is 0 Å². The fourth-order valence-electron chi connectivity index (χ4n) is 3.15. The van der Waals surface area contributed by atoms with Gasteiger partial charge in [-0.15, -0.1) is 35.3 Å². The van der Waals surface area contributed by atoms with E-state index in [9.17, 15) is 0 Å². The predicted molar refractivity (Wildman–Crippen MR) is 117 cm³/mol. The van der Waals surface area contributed by atoms with E-state index in [-0.39, 0.29) is 30.0 Å². The van der Waals surface area contributed by atoms with Crippen molar-refractivity contribution >= 4 is 41.3 Å². The van der Waals surface area contributed by atoms with Crippen LogP contribution in [0.2, 0.25) is 0 Å². The zero-order chi connectivity index (χ0) is 16.9. The first-order valence-electron chi connectivity index (χ1n) is 8.66. The van der Waals surface area contributed by atoms with E-state index < -0.39 is 0 Å². The van der Waals surface area contributed by atoms with E-state index in [2.05, 4.69) is 52.7 Å². The summed E-state index contributed by atoms with van der Waals surface area (Å²) in [6.45, 7) is 4.96. The lowest BCUT2D eigenvalue weighted by Gasteiger charge is -2.21. The number of aryl methyl sites for hydroxylation is 3. The normalized spacial score (nSPS) is 15.1. The van der Waals surface area contributed by atoms with Crippen LogP contribution in [-0.2, 0) is 19.4 Å². The van der Waals surface area contributed by atoms with E-state index in [1.165, 1.54) is 47.3 Å². The molecule has 0 amide bonds. The number of aromatic nitrogens is 1. The average molecular weight is 470 g/mol. The van der Waals surface area contributed by atoms with Crippen molar-refractivity contribution in [2.45, 2.75) is 52.1 Å². The van der Waals surface area contributed by atoms with Crippen LogP contribution < -0.4 is 10.6 Å². The molecule has 136 valence electrons. The third kappa shape index (κ3) is 5.41. The number of guanidine groups is 1. The third-order valence-corrected chi connectivity index (χ3v) is 5.44. The fraction of sp³-hybridized carbons (Fsp3) is 0.474. The molecule has 3 rings (SSSR count). The second kappa shape index (κ2) is 9.52. The van der Waals surface area contributed by atoms with Crippen LogP contribution in [0, 0.1) is 6.92 Å². The van der Waals surface area contributed by atoms with E-state index >= 15 is 0 Å². The highest BCUT2D eigenvalue weighted by molar-refractivity contribution is 14.0. The van der Waals surface area contributed by atoms with Crippen LogP contribution in [-0.4, -0.2) is 18.0 Å². The van der Waals surface area contributed by atoms with Gasteiger partial charge in [-0.1, -0.05) is 18.2 Å². The smallest absolute Gasteiger partial charge is 0.191 e. The number of nitrogens with one attached hydrogen (secondary N) is 2. The lowest BCUT2D eigenvalue weighted by Crippen LogP contribution is -2.38. The summed E-state index contributed by atoms with van der Waals surface area (Å²) in [6, 6.07) is 7.14. The Kier molecular flexibility index (Phi) is 7.68. The zero-order valence-corrected chi connectivity index (χ0v) is 18.3. The Morgan fingerprint density at radius 2 is 2.04 bits per heavy atom. The predicted octanol–water partition coefficient (Wildman–Crippen LogP) is 4.37. The van der Waals surface area contributed by atoms with Crippen molar-refractivity contribution in [1.82, 2.24) is 15.6 Å². The summed E-state index contributed by atoms with van der Waals surface area (Å²) in [4.78, 5) is 9.95. The van der Waals surface area contributed by atoms with Gasteiger partial charge < -0.3 is 10.6 Å². The van der Waals surface area contributed by atoms with Crippen molar-refractivity contribution in [3.8, 4) is 0 Å². The fourth-order valence-corrected chi connectivity index (χ4v) is 3.88. The van der Waals surface area contributed by atoms with E-state index in [1.807, 2.05) is 13.2 Å². The minimum atomic E-state index is 0. The molecule has 2 N–H and O–H groups in total. The Hall–Kier alpha value is -1.15.